The summed E-state index contributed by atoms with van der Waals surface area (Å²) in [6.45, 7) is 1.42. The highest BCUT2D eigenvalue weighted by Gasteiger charge is 2.47. The third kappa shape index (κ3) is 3.72. The number of pyridine rings is 1. The molecule has 0 aliphatic heterocycles. The topological polar surface area (TPSA) is 56.3 Å². The number of carbonyl (C=O) groups is 1. The smallest absolute Gasteiger partial charge is 0.413 e. The Morgan fingerprint density at radius 1 is 1.07 bits per heavy atom. The Morgan fingerprint density at radius 2 is 1.78 bits per heavy atom. The van der Waals surface area contributed by atoms with Crippen molar-refractivity contribution in [3.8, 4) is 0 Å². The number of amides is 1. The number of carbonyl (C=O) groups excluding carboxylic acids is 1. The molecule has 0 fully saturated rings. The van der Waals surface area contributed by atoms with Crippen LogP contribution in [0.5, 0.6) is 0 Å². The second kappa shape index (κ2) is 7.26. The van der Waals surface area contributed by atoms with Crippen LogP contribution < -0.4 is 5.11 Å². The molecule has 4 nitrogen and oxygen atoms in total. The molecule has 0 radical (unpaired) electrons. The predicted molar refractivity (Wildman–Crippen MR) is 92.6 cm³/mol. The lowest BCUT2D eigenvalue weighted by molar-refractivity contribution is -0.284. The van der Waals surface area contributed by atoms with Gasteiger partial charge in [-0.15, -0.1) is 0 Å². The quantitative estimate of drug-likeness (QED) is 0.687. The molecule has 1 amide bonds. The second-order valence-electron chi connectivity index (χ2n) is 6.15. The lowest BCUT2D eigenvalue weighted by Crippen LogP contribution is -2.49. The maximum atomic E-state index is 13.8. The Bertz CT molecular complexity index is 939. The van der Waals surface area contributed by atoms with Crippen LogP contribution in [0, 0.1) is 0 Å². The fourth-order valence-electron chi connectivity index (χ4n) is 3.30. The molecule has 3 aromatic rings. The van der Waals surface area contributed by atoms with E-state index in [2.05, 4.69) is 4.98 Å². The predicted octanol–water partition coefficient (Wildman–Crippen LogP) is 4.24. The molecule has 0 spiro atoms. The van der Waals surface area contributed by atoms with E-state index in [-0.39, 0.29) is 5.56 Å². The summed E-state index contributed by atoms with van der Waals surface area (Å²) in [5, 5.41) is 13.3. The molecule has 3 rings (SSSR count). The van der Waals surface area contributed by atoms with Crippen LogP contribution in [-0.2, 0) is 0 Å². The van der Waals surface area contributed by atoms with Gasteiger partial charge in [-0.25, -0.2) is 0 Å². The molecule has 0 saturated carbocycles. The highest BCUT2D eigenvalue weighted by Crippen LogP contribution is 2.42. The number of carboxylic acid groups (broad SMARTS) is 1. The Balaban J connectivity index is 2.14. The van der Waals surface area contributed by atoms with Gasteiger partial charge in [0.05, 0.1) is 6.04 Å². The minimum Gasteiger partial charge on any atom is -0.530 e. The first-order valence-electron chi connectivity index (χ1n) is 8.24. The fourth-order valence-corrected chi connectivity index (χ4v) is 3.30. The van der Waals surface area contributed by atoms with E-state index >= 15 is 0 Å². The molecule has 1 heterocycles. The van der Waals surface area contributed by atoms with Crippen LogP contribution in [0.2, 0.25) is 0 Å². The van der Waals surface area contributed by atoms with Gasteiger partial charge < -0.3 is 14.8 Å². The van der Waals surface area contributed by atoms with E-state index in [9.17, 15) is 23.1 Å². The molecule has 0 bridgehead atoms. The van der Waals surface area contributed by atoms with Crippen molar-refractivity contribution in [3.63, 3.8) is 0 Å². The van der Waals surface area contributed by atoms with Crippen LogP contribution in [0.4, 0.5) is 18.0 Å². The van der Waals surface area contributed by atoms with Gasteiger partial charge in [0.25, 0.3) is 0 Å². The molecule has 0 aliphatic carbocycles. The van der Waals surface area contributed by atoms with Gasteiger partial charge in [0, 0.05) is 18.0 Å². The van der Waals surface area contributed by atoms with Gasteiger partial charge in [-0.05, 0) is 29.3 Å². The van der Waals surface area contributed by atoms with E-state index < -0.39 is 24.4 Å². The number of benzene rings is 2. The van der Waals surface area contributed by atoms with Crippen molar-refractivity contribution in [2.45, 2.75) is 25.2 Å². The van der Waals surface area contributed by atoms with E-state index in [0.29, 0.717) is 15.8 Å². The number of fused-ring (bicyclic) bond motifs is 1. The molecular formula is C20H16F3N2O2-. The number of hydrogen-bond acceptors (Lipinski definition) is 3. The summed E-state index contributed by atoms with van der Waals surface area (Å²) < 4.78 is 41.5. The Hall–Kier alpha value is -3.09. The standard InChI is InChI=1S/C20H17F3N2O2/c1-13(16-10-4-7-14-6-2-3-9-17(14)16)25(19(26)27)18(20(21,22)23)15-8-5-11-24-12-15/h2-13,18H,1H3,(H,26,27)/p-1/t13-,18+/m1/s1. The van der Waals surface area contributed by atoms with Gasteiger partial charge in [-0.3, -0.25) is 4.98 Å². The van der Waals surface area contributed by atoms with E-state index in [4.69, 9.17) is 0 Å². The molecule has 27 heavy (non-hydrogen) atoms. The van der Waals surface area contributed by atoms with Crippen LogP contribution >= 0.6 is 0 Å². The van der Waals surface area contributed by atoms with E-state index in [1.165, 1.54) is 25.3 Å². The molecule has 0 aliphatic rings. The summed E-state index contributed by atoms with van der Waals surface area (Å²) in [7, 11) is 0. The summed E-state index contributed by atoms with van der Waals surface area (Å²) in [4.78, 5) is 15.8. The van der Waals surface area contributed by atoms with Crippen molar-refractivity contribution < 1.29 is 23.1 Å². The van der Waals surface area contributed by atoms with Crippen molar-refractivity contribution in [2.75, 3.05) is 0 Å². The first-order chi connectivity index (χ1) is 12.8. The SMILES string of the molecule is C[C@H](c1cccc2ccccc12)N(C(=O)[O-])[C@@H](c1cccnc1)C(F)(F)F. The van der Waals surface area contributed by atoms with Crippen molar-refractivity contribution in [3.05, 3.63) is 78.1 Å². The largest absolute Gasteiger partial charge is 0.530 e. The average Bonchev–Trinajstić information content (AvgIpc) is 2.64. The summed E-state index contributed by atoms with van der Waals surface area (Å²) in [5.41, 5.74) is 0.205. The van der Waals surface area contributed by atoms with Crippen molar-refractivity contribution >= 4 is 16.9 Å². The molecule has 7 heteroatoms. The minimum absolute atomic E-state index is 0.263. The summed E-state index contributed by atoms with van der Waals surface area (Å²) in [6, 6.07) is 11.3. The van der Waals surface area contributed by atoms with Crippen LogP contribution in [0.25, 0.3) is 10.8 Å². The Morgan fingerprint density at radius 3 is 2.41 bits per heavy atom. The zero-order valence-corrected chi connectivity index (χ0v) is 14.4. The van der Waals surface area contributed by atoms with Gasteiger partial charge in [0.1, 0.15) is 6.09 Å². The molecule has 140 valence electrons. The third-order valence-electron chi connectivity index (χ3n) is 4.49. The van der Waals surface area contributed by atoms with Crippen molar-refractivity contribution in [1.82, 2.24) is 9.88 Å². The van der Waals surface area contributed by atoms with Gasteiger partial charge in [0.15, 0.2) is 6.04 Å². The Labute approximate surface area is 153 Å². The lowest BCUT2D eigenvalue weighted by Gasteiger charge is -2.40. The first-order valence-corrected chi connectivity index (χ1v) is 8.24. The maximum Gasteiger partial charge on any atom is 0.413 e. The number of aromatic nitrogens is 1. The molecule has 2 atom stereocenters. The normalized spacial score (nSPS) is 13.9. The third-order valence-corrected chi connectivity index (χ3v) is 4.49. The second-order valence-corrected chi connectivity index (χ2v) is 6.15. The summed E-state index contributed by atoms with van der Waals surface area (Å²) in [5.74, 6) is 0. The maximum absolute atomic E-state index is 13.8. The van der Waals surface area contributed by atoms with Gasteiger partial charge in [0.2, 0.25) is 0 Å². The minimum atomic E-state index is -4.83. The van der Waals surface area contributed by atoms with Crippen LogP contribution in [0.1, 0.15) is 30.1 Å². The average molecular weight is 373 g/mol. The van der Waals surface area contributed by atoms with Crippen molar-refractivity contribution in [1.29, 1.82) is 0 Å². The number of nitrogens with zero attached hydrogens (tertiary/aromatic N) is 2. The molecule has 1 aromatic heterocycles. The van der Waals surface area contributed by atoms with Gasteiger partial charge in [-0.2, -0.15) is 13.2 Å². The first kappa shape index (κ1) is 18.7. The van der Waals surface area contributed by atoms with Crippen LogP contribution in [0.3, 0.4) is 0 Å². The number of alkyl halides is 3. The fraction of sp³-hybridized carbons (Fsp3) is 0.200. The molecule has 0 unspecified atom stereocenters. The van der Waals surface area contributed by atoms with Gasteiger partial charge >= 0.3 is 6.18 Å². The van der Waals surface area contributed by atoms with E-state index in [1.54, 1.807) is 24.3 Å². The molecular weight excluding hydrogens is 357 g/mol. The van der Waals surface area contributed by atoms with Crippen LogP contribution in [-0.4, -0.2) is 22.2 Å². The van der Waals surface area contributed by atoms with Crippen LogP contribution in [0.15, 0.2) is 67.0 Å². The highest BCUT2D eigenvalue weighted by molar-refractivity contribution is 5.86. The van der Waals surface area contributed by atoms with E-state index in [0.717, 1.165) is 11.6 Å². The summed E-state index contributed by atoms with van der Waals surface area (Å²) in [6.07, 6.45) is -4.39. The highest BCUT2D eigenvalue weighted by atomic mass is 19.4. The summed E-state index contributed by atoms with van der Waals surface area (Å²) >= 11 is 0. The van der Waals surface area contributed by atoms with Crippen molar-refractivity contribution in [2.24, 2.45) is 0 Å². The zero-order chi connectivity index (χ0) is 19.6. The monoisotopic (exact) mass is 373 g/mol. The Kier molecular flexibility index (Phi) is 5.03. The lowest BCUT2D eigenvalue weighted by atomic mass is 9.96. The zero-order valence-electron chi connectivity index (χ0n) is 14.4. The molecule has 2 aromatic carbocycles. The number of halogens is 3. The van der Waals surface area contributed by atoms with Gasteiger partial charge in [-0.1, -0.05) is 48.5 Å². The number of rotatable bonds is 4. The molecule has 0 saturated heterocycles. The number of hydrogen-bond donors (Lipinski definition) is 0. The molecule has 0 N–H and O–H groups in total. The van der Waals surface area contributed by atoms with E-state index in [1.807, 2.05) is 18.2 Å².